The summed E-state index contributed by atoms with van der Waals surface area (Å²) in [6.45, 7) is 3.89. The highest BCUT2D eigenvalue weighted by Crippen LogP contribution is 2.34. The number of hydrogen-bond donors (Lipinski definition) is 0. The van der Waals surface area contributed by atoms with Crippen LogP contribution in [0.15, 0.2) is 36.3 Å². The van der Waals surface area contributed by atoms with E-state index in [-0.39, 0.29) is 0 Å². The molecule has 0 bridgehead atoms. The molecule has 0 aliphatic heterocycles. The second-order valence-corrected chi connectivity index (χ2v) is 5.20. The minimum atomic E-state index is 0.671. The zero-order valence-electron chi connectivity index (χ0n) is 8.80. The van der Waals surface area contributed by atoms with Crippen molar-refractivity contribution in [2.24, 2.45) is 5.92 Å². The number of hydrogen-bond acceptors (Lipinski definition) is 3. The molecule has 1 saturated carbocycles. The third-order valence-corrected chi connectivity index (χ3v) is 4.00. The number of thioether (sulfide) groups is 1. The van der Waals surface area contributed by atoms with Gasteiger partial charge < -0.3 is 0 Å². The Kier molecular flexibility index (Phi) is 3.78. The molecular weight excluding hydrogens is 204 g/mol. The van der Waals surface area contributed by atoms with Crippen molar-refractivity contribution in [3.63, 3.8) is 0 Å². The molecule has 1 aromatic rings. The molecule has 80 valence electrons. The second kappa shape index (κ2) is 5.31. The highest BCUT2D eigenvalue weighted by Gasteiger charge is 2.21. The smallest absolute Gasteiger partial charge is 0.187 e. The summed E-state index contributed by atoms with van der Waals surface area (Å²) in [5.74, 6) is 0.694. The Balaban J connectivity index is 1.92. The minimum absolute atomic E-state index is 0.671. The average molecular weight is 220 g/mol. The lowest BCUT2D eigenvalue weighted by Crippen LogP contribution is -2.16. The van der Waals surface area contributed by atoms with Crippen LogP contribution in [0.25, 0.3) is 0 Å². The van der Waals surface area contributed by atoms with E-state index in [0.29, 0.717) is 11.2 Å². The first kappa shape index (κ1) is 10.7. The molecule has 0 aromatic carbocycles. The summed E-state index contributed by atoms with van der Waals surface area (Å²) in [7, 11) is 0. The Bertz CT molecular complexity index is 313. The fraction of sp³-hybridized carbons (Fsp3) is 0.500. The lowest BCUT2D eigenvalue weighted by Gasteiger charge is -2.25. The van der Waals surface area contributed by atoms with Crippen molar-refractivity contribution in [2.45, 2.75) is 36.1 Å². The van der Waals surface area contributed by atoms with Gasteiger partial charge in [-0.2, -0.15) is 0 Å². The van der Waals surface area contributed by atoms with Gasteiger partial charge in [-0.05, 0) is 31.2 Å². The van der Waals surface area contributed by atoms with E-state index in [9.17, 15) is 0 Å². The van der Waals surface area contributed by atoms with E-state index in [1.807, 2.05) is 30.2 Å². The molecule has 1 aliphatic rings. The van der Waals surface area contributed by atoms with Crippen LogP contribution in [-0.4, -0.2) is 15.2 Å². The molecule has 0 radical (unpaired) electrons. The van der Waals surface area contributed by atoms with Gasteiger partial charge in [0, 0.05) is 17.6 Å². The van der Waals surface area contributed by atoms with Crippen molar-refractivity contribution in [3.8, 4) is 0 Å². The predicted octanol–water partition coefficient (Wildman–Crippen LogP) is 3.31. The topological polar surface area (TPSA) is 25.8 Å². The Morgan fingerprint density at radius 2 is 2.13 bits per heavy atom. The molecule has 3 heteroatoms. The number of aromatic nitrogens is 2. The first-order valence-electron chi connectivity index (χ1n) is 5.44. The Morgan fingerprint density at radius 3 is 2.87 bits per heavy atom. The fourth-order valence-electron chi connectivity index (χ4n) is 2.00. The van der Waals surface area contributed by atoms with Gasteiger partial charge in [-0.25, -0.2) is 9.97 Å². The molecule has 1 heterocycles. The molecule has 0 unspecified atom stereocenters. The molecule has 0 saturated heterocycles. The summed E-state index contributed by atoms with van der Waals surface area (Å²) in [4.78, 5) is 8.50. The van der Waals surface area contributed by atoms with Gasteiger partial charge in [0.15, 0.2) is 5.16 Å². The second-order valence-electron chi connectivity index (χ2n) is 3.93. The van der Waals surface area contributed by atoms with Crippen LogP contribution in [0.5, 0.6) is 0 Å². The summed E-state index contributed by atoms with van der Waals surface area (Å²) in [6.07, 6.45) is 10.8. The normalized spacial score (nSPS) is 26.1. The van der Waals surface area contributed by atoms with Gasteiger partial charge in [-0.3, -0.25) is 0 Å². The molecule has 1 aliphatic carbocycles. The molecule has 2 atom stereocenters. The average Bonchev–Trinajstić information content (AvgIpc) is 2.31. The maximum Gasteiger partial charge on any atom is 0.187 e. The van der Waals surface area contributed by atoms with Crippen LogP contribution < -0.4 is 0 Å². The van der Waals surface area contributed by atoms with Crippen LogP contribution in [0, 0.1) is 5.92 Å². The van der Waals surface area contributed by atoms with Crippen molar-refractivity contribution in [1.82, 2.24) is 9.97 Å². The molecule has 15 heavy (non-hydrogen) atoms. The first-order valence-corrected chi connectivity index (χ1v) is 6.32. The number of allylic oxidation sites excluding steroid dienone is 1. The van der Waals surface area contributed by atoms with Gasteiger partial charge in [0.1, 0.15) is 0 Å². The summed E-state index contributed by atoms with van der Waals surface area (Å²) in [6, 6.07) is 1.86. The van der Waals surface area contributed by atoms with Gasteiger partial charge in [-0.1, -0.05) is 24.3 Å². The molecule has 0 amide bonds. The monoisotopic (exact) mass is 220 g/mol. The van der Waals surface area contributed by atoms with E-state index < -0.39 is 0 Å². The first-order chi connectivity index (χ1) is 7.38. The summed E-state index contributed by atoms with van der Waals surface area (Å²) in [5, 5.41) is 1.58. The zero-order chi connectivity index (χ0) is 10.5. The van der Waals surface area contributed by atoms with Crippen LogP contribution in [0.4, 0.5) is 0 Å². The molecule has 0 N–H and O–H groups in total. The lowest BCUT2D eigenvalue weighted by atomic mass is 9.89. The van der Waals surface area contributed by atoms with Gasteiger partial charge in [0.25, 0.3) is 0 Å². The van der Waals surface area contributed by atoms with Crippen molar-refractivity contribution < 1.29 is 0 Å². The van der Waals surface area contributed by atoms with Crippen LogP contribution >= 0.6 is 11.8 Å². The molecule has 0 spiro atoms. The van der Waals surface area contributed by atoms with Crippen LogP contribution in [-0.2, 0) is 0 Å². The van der Waals surface area contributed by atoms with E-state index in [4.69, 9.17) is 0 Å². The third-order valence-electron chi connectivity index (χ3n) is 2.81. The molecule has 2 rings (SSSR count). The SMILES string of the molecule is C=C[C@H]1CCC[C@H](Sc2ncccn2)C1. The van der Waals surface area contributed by atoms with Crippen molar-refractivity contribution in [2.75, 3.05) is 0 Å². The standard InChI is InChI=1S/C12H16N2S/c1-2-10-5-3-6-11(9-10)15-12-13-7-4-8-14-12/h2,4,7-8,10-11H,1,3,5-6,9H2/t10-,11-/m0/s1. The Hall–Kier alpha value is -0.830. The van der Waals surface area contributed by atoms with E-state index in [0.717, 1.165) is 5.16 Å². The molecule has 1 fully saturated rings. The van der Waals surface area contributed by atoms with Crippen molar-refractivity contribution >= 4 is 11.8 Å². The highest BCUT2D eigenvalue weighted by atomic mass is 32.2. The van der Waals surface area contributed by atoms with E-state index in [1.54, 1.807) is 0 Å². The maximum atomic E-state index is 4.25. The van der Waals surface area contributed by atoms with Crippen LogP contribution in [0.3, 0.4) is 0 Å². The maximum absolute atomic E-state index is 4.25. The lowest BCUT2D eigenvalue weighted by molar-refractivity contribution is 0.429. The highest BCUT2D eigenvalue weighted by molar-refractivity contribution is 7.99. The van der Waals surface area contributed by atoms with E-state index >= 15 is 0 Å². The quantitative estimate of drug-likeness (QED) is 0.577. The van der Waals surface area contributed by atoms with Gasteiger partial charge >= 0.3 is 0 Å². The fourth-order valence-corrected chi connectivity index (χ4v) is 3.17. The van der Waals surface area contributed by atoms with Crippen molar-refractivity contribution in [3.05, 3.63) is 31.1 Å². The Labute approximate surface area is 95.2 Å². The summed E-state index contributed by atoms with van der Waals surface area (Å²) >= 11 is 1.81. The van der Waals surface area contributed by atoms with E-state index in [1.165, 1.54) is 25.7 Å². The van der Waals surface area contributed by atoms with Gasteiger partial charge in [0.05, 0.1) is 0 Å². The summed E-state index contributed by atoms with van der Waals surface area (Å²) in [5.41, 5.74) is 0. The number of rotatable bonds is 3. The van der Waals surface area contributed by atoms with Crippen LogP contribution in [0.2, 0.25) is 0 Å². The molecule has 2 nitrogen and oxygen atoms in total. The van der Waals surface area contributed by atoms with Gasteiger partial charge in [-0.15, -0.1) is 6.58 Å². The zero-order valence-corrected chi connectivity index (χ0v) is 9.62. The Morgan fingerprint density at radius 1 is 1.33 bits per heavy atom. The summed E-state index contributed by atoms with van der Waals surface area (Å²) < 4.78 is 0. The van der Waals surface area contributed by atoms with Crippen molar-refractivity contribution in [1.29, 1.82) is 0 Å². The molecule has 1 aromatic heterocycles. The third kappa shape index (κ3) is 3.06. The van der Waals surface area contributed by atoms with Crippen LogP contribution in [0.1, 0.15) is 25.7 Å². The largest absolute Gasteiger partial charge is 0.231 e. The molecular formula is C12H16N2S. The number of nitrogens with zero attached hydrogens (tertiary/aromatic N) is 2. The minimum Gasteiger partial charge on any atom is -0.231 e. The predicted molar refractivity (Wildman–Crippen MR) is 63.8 cm³/mol. The van der Waals surface area contributed by atoms with E-state index in [2.05, 4.69) is 22.6 Å². The van der Waals surface area contributed by atoms with Gasteiger partial charge in [0.2, 0.25) is 0 Å².